The average Bonchev–Trinajstić information content (AvgIpc) is 3.46. The number of hydrogen-bond donors (Lipinski definition) is 3. The Bertz CT molecular complexity index is 1360. The van der Waals surface area contributed by atoms with Crippen LogP contribution in [0.5, 0.6) is 0 Å². The fourth-order valence-corrected chi connectivity index (χ4v) is 11.2. The summed E-state index contributed by atoms with van der Waals surface area (Å²) in [4.78, 5) is 12.5. The zero-order valence-electron chi connectivity index (χ0n) is 54.1. The SMILES string of the molecule is CCCCCCC/C=C\C/C=C\C/C=C\CCCCCCCCCCCCCCCCCCCCCCCCC(=O)NC(CO)C(O)/C=C/CC/C=C/CC/C=C/CCCCCCCCCCCCCCCCCCCCCCC. The molecule has 0 aromatic heterocycles. The van der Waals surface area contributed by atoms with Gasteiger partial charge in [-0.1, -0.05) is 369 Å². The van der Waals surface area contributed by atoms with Gasteiger partial charge in [-0.05, 0) is 83.5 Å². The molecule has 0 aliphatic rings. The van der Waals surface area contributed by atoms with Crippen molar-refractivity contribution in [1.82, 2.24) is 5.32 Å². The molecule has 0 rings (SSSR count). The van der Waals surface area contributed by atoms with Gasteiger partial charge in [0, 0.05) is 6.42 Å². The molecule has 468 valence electrons. The van der Waals surface area contributed by atoms with E-state index in [-0.39, 0.29) is 12.5 Å². The first-order valence-electron chi connectivity index (χ1n) is 36.2. The Hall–Kier alpha value is -2.17. The lowest BCUT2D eigenvalue weighted by molar-refractivity contribution is -0.123. The number of carbonyl (C=O) groups excluding carboxylic acids is 1. The van der Waals surface area contributed by atoms with Crippen LogP contribution in [0.15, 0.2) is 72.9 Å². The molecule has 2 atom stereocenters. The summed E-state index contributed by atoms with van der Waals surface area (Å²) in [5, 5.41) is 23.3. The molecule has 0 bridgehead atoms. The highest BCUT2D eigenvalue weighted by atomic mass is 16.3. The smallest absolute Gasteiger partial charge is 0.220 e. The minimum atomic E-state index is -0.874. The van der Waals surface area contributed by atoms with Gasteiger partial charge < -0.3 is 15.5 Å². The lowest BCUT2D eigenvalue weighted by atomic mass is 10.0. The molecule has 1 amide bonds. The molecular formula is C76H141NO3. The molecule has 2 unspecified atom stereocenters. The maximum absolute atomic E-state index is 12.5. The van der Waals surface area contributed by atoms with Gasteiger partial charge in [-0.15, -0.1) is 0 Å². The van der Waals surface area contributed by atoms with Gasteiger partial charge in [0.1, 0.15) is 0 Å². The summed E-state index contributed by atoms with van der Waals surface area (Å²) in [5.74, 6) is -0.0723. The Morgan fingerprint density at radius 3 is 0.812 bits per heavy atom. The Morgan fingerprint density at radius 1 is 0.300 bits per heavy atom. The lowest BCUT2D eigenvalue weighted by Crippen LogP contribution is -2.45. The summed E-state index contributed by atoms with van der Waals surface area (Å²) in [7, 11) is 0. The standard InChI is InChI=1S/C76H141NO3/c1-3-5-7-9-11-13-15-17-19-21-23-25-27-29-31-33-35-36-37-38-39-40-42-44-46-48-50-52-54-56-58-60-62-64-66-68-70-72-76(80)77-74(73-78)75(79)71-69-67-65-63-61-59-57-55-53-51-49-47-45-43-41-34-32-30-28-26-24-22-20-18-16-14-12-10-8-6-4-2/h15,17,21,23,27,29,53,55,61,63,69,71,74-75,78-79H,3-14,16,18-20,22,24-26,28,30-52,54,56-60,62,64-68,70,72-73H2,1-2H3,(H,77,80)/b17-15-,23-21-,29-27-,55-53+,63-61+,71-69+. The lowest BCUT2D eigenvalue weighted by Gasteiger charge is -2.19. The second-order valence-electron chi connectivity index (χ2n) is 24.6. The van der Waals surface area contributed by atoms with E-state index in [4.69, 9.17) is 0 Å². The van der Waals surface area contributed by atoms with Crippen molar-refractivity contribution in [2.75, 3.05) is 6.61 Å². The summed E-state index contributed by atoms with van der Waals surface area (Å²) in [6.45, 7) is 4.32. The summed E-state index contributed by atoms with van der Waals surface area (Å²) in [6, 6.07) is -0.649. The number of carbonyl (C=O) groups is 1. The van der Waals surface area contributed by atoms with E-state index in [2.05, 4.69) is 79.9 Å². The van der Waals surface area contributed by atoms with Gasteiger partial charge >= 0.3 is 0 Å². The molecule has 0 aliphatic heterocycles. The predicted octanol–water partition coefficient (Wildman–Crippen LogP) is 24.8. The second kappa shape index (κ2) is 71.1. The Labute approximate surface area is 501 Å². The van der Waals surface area contributed by atoms with E-state index in [1.54, 1.807) is 6.08 Å². The maximum Gasteiger partial charge on any atom is 0.220 e. The fraction of sp³-hybridized carbons (Fsp3) is 0.829. The molecule has 0 radical (unpaired) electrons. The molecule has 80 heavy (non-hydrogen) atoms. The number of unbranched alkanes of at least 4 members (excludes halogenated alkanes) is 50. The predicted molar refractivity (Wildman–Crippen MR) is 359 cm³/mol. The van der Waals surface area contributed by atoms with Crippen LogP contribution in [0.25, 0.3) is 0 Å². The summed E-state index contributed by atoms with van der Waals surface area (Å²) >= 11 is 0. The molecule has 0 fully saturated rings. The zero-order chi connectivity index (χ0) is 57.6. The highest BCUT2D eigenvalue weighted by molar-refractivity contribution is 5.76. The van der Waals surface area contributed by atoms with Gasteiger partial charge in [-0.25, -0.2) is 0 Å². The van der Waals surface area contributed by atoms with Crippen molar-refractivity contribution in [2.45, 2.75) is 398 Å². The third-order valence-corrected chi connectivity index (χ3v) is 16.6. The highest BCUT2D eigenvalue weighted by Gasteiger charge is 2.18. The van der Waals surface area contributed by atoms with E-state index in [1.165, 1.54) is 315 Å². The van der Waals surface area contributed by atoms with Crippen LogP contribution in [0.4, 0.5) is 0 Å². The molecule has 0 aliphatic carbocycles. The first kappa shape index (κ1) is 77.8. The largest absolute Gasteiger partial charge is 0.394 e. The van der Waals surface area contributed by atoms with E-state index in [9.17, 15) is 15.0 Å². The summed E-state index contributed by atoms with van der Waals surface area (Å²) < 4.78 is 0. The zero-order valence-corrected chi connectivity index (χ0v) is 54.1. The Kier molecular flexibility index (Phi) is 69.2. The fourth-order valence-electron chi connectivity index (χ4n) is 11.2. The van der Waals surface area contributed by atoms with Crippen LogP contribution in [-0.4, -0.2) is 34.9 Å². The molecule has 0 saturated carbocycles. The molecule has 0 aromatic carbocycles. The summed E-state index contributed by atoms with van der Waals surface area (Å²) in [5.41, 5.74) is 0. The van der Waals surface area contributed by atoms with Gasteiger partial charge in [-0.3, -0.25) is 4.79 Å². The third kappa shape index (κ3) is 66.6. The van der Waals surface area contributed by atoms with Crippen molar-refractivity contribution in [3.8, 4) is 0 Å². The van der Waals surface area contributed by atoms with Gasteiger partial charge in [0.2, 0.25) is 5.91 Å². The van der Waals surface area contributed by atoms with Crippen LogP contribution in [0.2, 0.25) is 0 Å². The molecule has 0 saturated heterocycles. The number of hydrogen-bond acceptors (Lipinski definition) is 3. The number of nitrogens with one attached hydrogen (secondary N) is 1. The normalized spacial score (nSPS) is 13.1. The highest BCUT2D eigenvalue weighted by Crippen LogP contribution is 2.18. The van der Waals surface area contributed by atoms with Crippen LogP contribution in [0.1, 0.15) is 386 Å². The molecular weight excluding hydrogens is 975 g/mol. The third-order valence-electron chi connectivity index (χ3n) is 16.6. The molecule has 0 aromatic rings. The first-order valence-corrected chi connectivity index (χ1v) is 36.2. The monoisotopic (exact) mass is 1120 g/mol. The van der Waals surface area contributed by atoms with Gasteiger partial charge in [0.15, 0.2) is 0 Å². The van der Waals surface area contributed by atoms with Crippen molar-refractivity contribution in [3.63, 3.8) is 0 Å². The number of rotatable bonds is 67. The van der Waals surface area contributed by atoms with Crippen molar-refractivity contribution in [3.05, 3.63) is 72.9 Å². The number of aliphatic hydroxyl groups excluding tert-OH is 2. The molecule has 0 heterocycles. The molecule has 4 nitrogen and oxygen atoms in total. The van der Waals surface area contributed by atoms with E-state index in [0.29, 0.717) is 6.42 Å². The van der Waals surface area contributed by atoms with Crippen LogP contribution in [0, 0.1) is 0 Å². The van der Waals surface area contributed by atoms with Gasteiger partial charge in [0.25, 0.3) is 0 Å². The van der Waals surface area contributed by atoms with Crippen molar-refractivity contribution in [1.29, 1.82) is 0 Å². The maximum atomic E-state index is 12.5. The number of allylic oxidation sites excluding steroid dienone is 11. The van der Waals surface area contributed by atoms with Gasteiger partial charge in [-0.2, -0.15) is 0 Å². The van der Waals surface area contributed by atoms with Gasteiger partial charge in [0.05, 0.1) is 18.8 Å². The molecule has 4 heteroatoms. The first-order chi connectivity index (χ1) is 39.7. The minimum absolute atomic E-state index is 0.0723. The van der Waals surface area contributed by atoms with E-state index in [0.717, 1.165) is 51.4 Å². The summed E-state index contributed by atoms with van der Waals surface area (Å²) in [6.07, 6.45) is 103. The topological polar surface area (TPSA) is 69.6 Å². The average molecular weight is 1120 g/mol. The number of amides is 1. The van der Waals surface area contributed by atoms with Crippen molar-refractivity contribution >= 4 is 5.91 Å². The minimum Gasteiger partial charge on any atom is -0.394 e. The van der Waals surface area contributed by atoms with E-state index < -0.39 is 12.1 Å². The van der Waals surface area contributed by atoms with Crippen LogP contribution < -0.4 is 5.32 Å². The van der Waals surface area contributed by atoms with E-state index in [1.807, 2.05) is 6.08 Å². The van der Waals surface area contributed by atoms with E-state index >= 15 is 0 Å². The Balaban J connectivity index is 3.48. The second-order valence-corrected chi connectivity index (χ2v) is 24.6. The Morgan fingerprint density at radius 2 is 0.525 bits per heavy atom. The van der Waals surface area contributed by atoms with Crippen molar-refractivity contribution < 1.29 is 15.0 Å². The molecule has 0 spiro atoms. The van der Waals surface area contributed by atoms with Crippen molar-refractivity contribution in [2.24, 2.45) is 0 Å². The van der Waals surface area contributed by atoms with Crippen LogP contribution in [0.3, 0.4) is 0 Å². The molecule has 3 N–H and O–H groups in total. The van der Waals surface area contributed by atoms with Crippen LogP contribution in [-0.2, 0) is 4.79 Å². The quantitative estimate of drug-likeness (QED) is 0.0420. The number of aliphatic hydroxyl groups is 2. The van der Waals surface area contributed by atoms with Crippen LogP contribution >= 0.6 is 0 Å².